The Morgan fingerprint density at radius 2 is 1.13 bits per heavy atom. The van der Waals surface area contributed by atoms with Crippen LogP contribution in [0.5, 0.6) is 0 Å². The summed E-state index contributed by atoms with van der Waals surface area (Å²) >= 11 is 0. The van der Waals surface area contributed by atoms with Crippen LogP contribution in [0.3, 0.4) is 0 Å². The number of unbranched alkanes of at least 4 members (excludes halogenated alkanes) is 9. The Labute approximate surface area is 167 Å². The molecule has 0 atom stereocenters. The molecule has 23 heavy (non-hydrogen) atoms. The third-order valence-electron chi connectivity index (χ3n) is 4.28. The number of rotatable bonds is 15. The number of hydrogen-bond acceptors (Lipinski definition) is 2. The third kappa shape index (κ3) is 20.8. The third-order valence-corrected chi connectivity index (χ3v) is 5.09. The van der Waals surface area contributed by atoms with Gasteiger partial charge in [-0.3, -0.25) is 4.55 Å². The summed E-state index contributed by atoms with van der Waals surface area (Å²) in [5, 5.41) is 0. The molecule has 0 spiro atoms. The van der Waals surface area contributed by atoms with Crippen molar-refractivity contribution >= 4 is 39.7 Å². The topological polar surface area (TPSA) is 54.4 Å². The Morgan fingerprint density at radius 3 is 1.57 bits per heavy atom. The Bertz CT molecular complexity index is 359. The standard InChI is InChI=1S/C17H37NO3S.Na.H/c1-4-5-6-7-8-9-10-11-12-13-15-18(2,3)16-14-17-22(19,20)21;;/h4-17H2,1-3H3;;/p+1. The molecule has 0 radical (unpaired) electrons. The Kier molecular flexibility index (Phi) is 17.2. The van der Waals surface area contributed by atoms with E-state index in [0.717, 1.165) is 17.6 Å². The molecule has 6 heteroatoms. The molecule has 0 rings (SSSR count). The molecule has 0 saturated heterocycles. The molecule has 0 fully saturated rings. The van der Waals surface area contributed by atoms with Crippen molar-refractivity contribution in [1.82, 2.24) is 0 Å². The van der Waals surface area contributed by atoms with Crippen LogP contribution in [0, 0.1) is 0 Å². The number of quaternary nitrogens is 1. The van der Waals surface area contributed by atoms with Gasteiger partial charge in [0.25, 0.3) is 10.1 Å². The van der Waals surface area contributed by atoms with Gasteiger partial charge in [0.2, 0.25) is 0 Å². The quantitative estimate of drug-likeness (QED) is 0.210. The van der Waals surface area contributed by atoms with Crippen LogP contribution in [0.2, 0.25) is 0 Å². The first kappa shape index (κ1) is 26.1. The molecular weight excluding hydrogens is 321 g/mol. The first-order chi connectivity index (χ1) is 10.3. The summed E-state index contributed by atoms with van der Waals surface area (Å²) in [5.74, 6) is -0.118. The van der Waals surface area contributed by atoms with Gasteiger partial charge in [-0.25, -0.2) is 0 Å². The molecule has 0 heterocycles. The van der Waals surface area contributed by atoms with E-state index < -0.39 is 10.1 Å². The Hall–Kier alpha value is 0.870. The van der Waals surface area contributed by atoms with E-state index in [1.54, 1.807) is 0 Å². The molecule has 136 valence electrons. The minimum absolute atomic E-state index is 0. The summed E-state index contributed by atoms with van der Waals surface area (Å²) in [6.07, 6.45) is 13.9. The van der Waals surface area contributed by atoms with Crippen LogP contribution < -0.4 is 0 Å². The van der Waals surface area contributed by atoms with Gasteiger partial charge in [0.1, 0.15) is 0 Å². The number of hydrogen-bond donors (Lipinski definition) is 1. The minimum atomic E-state index is -3.80. The molecule has 0 aliphatic rings. The van der Waals surface area contributed by atoms with E-state index in [4.69, 9.17) is 4.55 Å². The van der Waals surface area contributed by atoms with Gasteiger partial charge in [-0.15, -0.1) is 0 Å². The predicted molar refractivity (Wildman–Crippen MR) is 102 cm³/mol. The zero-order valence-corrected chi connectivity index (χ0v) is 15.8. The Morgan fingerprint density at radius 1 is 0.739 bits per heavy atom. The van der Waals surface area contributed by atoms with Crippen LogP contribution in [0.4, 0.5) is 0 Å². The van der Waals surface area contributed by atoms with Gasteiger partial charge in [0, 0.05) is 6.42 Å². The second-order valence-electron chi connectivity index (χ2n) is 7.20. The van der Waals surface area contributed by atoms with Crippen LogP contribution in [0.15, 0.2) is 0 Å². The van der Waals surface area contributed by atoms with Gasteiger partial charge in [-0.2, -0.15) is 8.42 Å². The molecule has 0 unspecified atom stereocenters. The van der Waals surface area contributed by atoms with E-state index in [-0.39, 0.29) is 35.3 Å². The van der Waals surface area contributed by atoms with Crippen LogP contribution in [0.1, 0.15) is 77.6 Å². The Balaban J connectivity index is 0. The molecule has 1 N–H and O–H groups in total. The SMILES string of the molecule is CCCCCCCCCCCC[N+](C)(C)CCCS(=O)(=O)O.[NaH]. The fourth-order valence-corrected chi connectivity index (χ4v) is 3.31. The van der Waals surface area contributed by atoms with E-state index in [1.165, 1.54) is 64.2 Å². The summed E-state index contributed by atoms with van der Waals surface area (Å²) in [5.41, 5.74) is 0. The first-order valence-electron chi connectivity index (χ1n) is 9.04. The van der Waals surface area contributed by atoms with Crippen molar-refractivity contribution < 1.29 is 17.5 Å². The zero-order valence-electron chi connectivity index (χ0n) is 15.0. The average Bonchev–Trinajstić information content (AvgIpc) is 2.39. The fourth-order valence-electron chi connectivity index (χ4n) is 2.81. The monoisotopic (exact) mass is 360 g/mol. The van der Waals surface area contributed by atoms with Gasteiger partial charge in [-0.1, -0.05) is 58.3 Å². The molecule has 0 bridgehead atoms. The van der Waals surface area contributed by atoms with Gasteiger partial charge in [0.05, 0.1) is 32.9 Å². The van der Waals surface area contributed by atoms with Crippen LogP contribution in [0.25, 0.3) is 0 Å². The van der Waals surface area contributed by atoms with Gasteiger partial charge < -0.3 is 4.48 Å². The molecular formula is C17H39NNaO3S+. The van der Waals surface area contributed by atoms with Gasteiger partial charge in [0.15, 0.2) is 0 Å². The van der Waals surface area contributed by atoms with E-state index in [2.05, 4.69) is 21.0 Å². The van der Waals surface area contributed by atoms with Crippen molar-refractivity contribution in [2.75, 3.05) is 32.9 Å². The molecule has 0 aliphatic carbocycles. The molecule has 0 aromatic heterocycles. The van der Waals surface area contributed by atoms with Crippen molar-refractivity contribution in [2.45, 2.75) is 77.6 Å². The molecule has 0 aromatic rings. The van der Waals surface area contributed by atoms with Crippen molar-refractivity contribution in [2.24, 2.45) is 0 Å². The maximum atomic E-state index is 10.7. The van der Waals surface area contributed by atoms with Crippen LogP contribution in [-0.4, -0.2) is 79.9 Å². The fraction of sp³-hybridized carbons (Fsp3) is 1.00. The zero-order chi connectivity index (χ0) is 16.9. The second kappa shape index (κ2) is 15.2. The van der Waals surface area contributed by atoms with Crippen molar-refractivity contribution in [1.29, 1.82) is 0 Å². The molecule has 0 aliphatic heterocycles. The van der Waals surface area contributed by atoms with E-state index in [1.807, 2.05) is 0 Å². The van der Waals surface area contributed by atoms with E-state index >= 15 is 0 Å². The maximum absolute atomic E-state index is 10.7. The molecule has 0 saturated carbocycles. The summed E-state index contributed by atoms with van der Waals surface area (Å²) in [6.45, 7) is 4.14. The van der Waals surface area contributed by atoms with Crippen molar-refractivity contribution in [3.63, 3.8) is 0 Å². The van der Waals surface area contributed by atoms with E-state index in [0.29, 0.717) is 6.42 Å². The van der Waals surface area contributed by atoms with E-state index in [9.17, 15) is 8.42 Å². The predicted octanol–water partition coefficient (Wildman–Crippen LogP) is 3.61. The first-order valence-corrected chi connectivity index (χ1v) is 10.6. The average molecular weight is 361 g/mol. The van der Waals surface area contributed by atoms with Crippen molar-refractivity contribution in [3.05, 3.63) is 0 Å². The molecule has 0 aromatic carbocycles. The summed E-state index contributed by atoms with van der Waals surface area (Å²) < 4.78 is 31.0. The summed E-state index contributed by atoms with van der Waals surface area (Å²) in [4.78, 5) is 0. The van der Waals surface area contributed by atoms with Crippen LogP contribution >= 0.6 is 0 Å². The number of nitrogens with zero attached hydrogens (tertiary/aromatic N) is 1. The van der Waals surface area contributed by atoms with Gasteiger partial charge >= 0.3 is 29.6 Å². The molecule has 0 amide bonds. The summed E-state index contributed by atoms with van der Waals surface area (Å²) in [7, 11) is 0.473. The summed E-state index contributed by atoms with van der Waals surface area (Å²) in [6, 6.07) is 0. The molecule has 4 nitrogen and oxygen atoms in total. The van der Waals surface area contributed by atoms with Crippen molar-refractivity contribution in [3.8, 4) is 0 Å². The second-order valence-corrected chi connectivity index (χ2v) is 8.78. The normalized spacial score (nSPS) is 12.2. The van der Waals surface area contributed by atoms with Crippen LogP contribution in [-0.2, 0) is 10.1 Å². The van der Waals surface area contributed by atoms with Gasteiger partial charge in [-0.05, 0) is 12.8 Å².